The van der Waals surface area contributed by atoms with Gasteiger partial charge in [-0.25, -0.2) is 0 Å². The average molecular weight is 374 g/mol. The van der Waals surface area contributed by atoms with E-state index in [0.717, 1.165) is 12.5 Å². The maximum Gasteiger partial charge on any atom is 0.252 e. The number of carbonyl (C=O) groups is 1. The summed E-state index contributed by atoms with van der Waals surface area (Å²) in [6, 6.07) is 7.71. The maximum absolute atomic E-state index is 12.0. The fourth-order valence-electron chi connectivity index (χ4n) is 2.32. The lowest BCUT2D eigenvalue weighted by Crippen LogP contribution is -2.42. The van der Waals surface area contributed by atoms with E-state index in [0.29, 0.717) is 25.2 Å². The van der Waals surface area contributed by atoms with E-state index in [2.05, 4.69) is 52.3 Å². The predicted octanol–water partition coefficient (Wildman–Crippen LogP) is 2.41. The summed E-state index contributed by atoms with van der Waals surface area (Å²) < 4.78 is 0. The molecule has 140 valence electrons. The predicted molar refractivity (Wildman–Crippen MR) is 108 cm³/mol. The number of hydrogen-bond donors (Lipinski definition) is 3. The third-order valence-corrected chi connectivity index (χ3v) is 5.03. The van der Waals surface area contributed by atoms with Crippen LogP contribution >= 0.6 is 11.3 Å². The molecule has 3 N–H and O–H groups in total. The number of carbonyl (C=O) groups excluding carboxylic acids is 1. The molecule has 6 nitrogen and oxygen atoms in total. The van der Waals surface area contributed by atoms with Crippen molar-refractivity contribution in [1.82, 2.24) is 20.9 Å². The van der Waals surface area contributed by atoms with Crippen molar-refractivity contribution in [3.8, 4) is 0 Å². The molecule has 0 bridgehead atoms. The van der Waals surface area contributed by atoms with Crippen LogP contribution in [0.15, 0.2) is 47.0 Å². The summed E-state index contributed by atoms with van der Waals surface area (Å²) in [6.07, 6.45) is 3.20. The molecule has 2 aromatic heterocycles. The number of hydrogen-bond acceptors (Lipinski definition) is 4. The van der Waals surface area contributed by atoms with E-state index in [9.17, 15) is 4.79 Å². The molecule has 0 saturated carbocycles. The third-order valence-electron chi connectivity index (χ3n) is 3.79. The first-order chi connectivity index (χ1) is 12.5. The van der Waals surface area contributed by atoms with E-state index in [4.69, 9.17) is 4.99 Å². The van der Waals surface area contributed by atoms with Crippen molar-refractivity contribution in [2.24, 2.45) is 4.99 Å². The summed E-state index contributed by atoms with van der Waals surface area (Å²) >= 11 is 1.75. The van der Waals surface area contributed by atoms with Crippen molar-refractivity contribution in [3.63, 3.8) is 0 Å². The van der Waals surface area contributed by atoms with Gasteiger partial charge >= 0.3 is 0 Å². The van der Waals surface area contributed by atoms with Crippen LogP contribution < -0.4 is 16.0 Å². The Morgan fingerprint density at radius 1 is 1.19 bits per heavy atom. The van der Waals surface area contributed by atoms with Gasteiger partial charge in [0.05, 0.1) is 12.1 Å². The summed E-state index contributed by atoms with van der Waals surface area (Å²) in [4.78, 5) is 21.9. The molecule has 2 aromatic rings. The van der Waals surface area contributed by atoms with Gasteiger partial charge in [-0.15, -0.1) is 11.3 Å². The van der Waals surface area contributed by atoms with Gasteiger partial charge in [0.1, 0.15) is 0 Å². The van der Waals surface area contributed by atoms with Crippen LogP contribution in [-0.4, -0.2) is 43.0 Å². The number of aromatic nitrogens is 1. The van der Waals surface area contributed by atoms with Gasteiger partial charge in [-0.3, -0.25) is 14.8 Å². The van der Waals surface area contributed by atoms with E-state index in [1.54, 1.807) is 35.9 Å². The molecule has 0 aliphatic carbocycles. The van der Waals surface area contributed by atoms with Gasteiger partial charge in [-0.2, -0.15) is 0 Å². The molecule has 7 heteroatoms. The molecule has 26 heavy (non-hydrogen) atoms. The van der Waals surface area contributed by atoms with Gasteiger partial charge in [0.25, 0.3) is 5.91 Å². The minimum Gasteiger partial charge on any atom is -0.357 e. The van der Waals surface area contributed by atoms with E-state index >= 15 is 0 Å². The highest BCUT2D eigenvalue weighted by Crippen LogP contribution is 2.27. The molecule has 2 heterocycles. The summed E-state index contributed by atoms with van der Waals surface area (Å²) in [5.41, 5.74) is 0.552. The number of thiophene rings is 1. The van der Waals surface area contributed by atoms with Gasteiger partial charge in [-0.1, -0.05) is 19.9 Å². The van der Waals surface area contributed by atoms with Crippen molar-refractivity contribution < 1.29 is 4.79 Å². The number of aliphatic imine (C=N–C) groups is 1. The van der Waals surface area contributed by atoms with E-state index in [1.807, 2.05) is 6.92 Å². The van der Waals surface area contributed by atoms with E-state index < -0.39 is 0 Å². The third kappa shape index (κ3) is 6.15. The van der Waals surface area contributed by atoms with Crippen LogP contribution in [0.1, 0.15) is 36.0 Å². The zero-order chi connectivity index (χ0) is 18.8. The number of guanidine groups is 1. The highest BCUT2D eigenvalue weighted by molar-refractivity contribution is 7.10. The fraction of sp³-hybridized carbons (Fsp3) is 0.421. The molecule has 0 spiro atoms. The molecule has 0 aliphatic heterocycles. The number of nitrogens with zero attached hydrogens (tertiary/aromatic N) is 2. The van der Waals surface area contributed by atoms with Crippen molar-refractivity contribution in [2.45, 2.75) is 26.2 Å². The van der Waals surface area contributed by atoms with Gasteiger partial charge in [0.15, 0.2) is 5.96 Å². The Labute approximate surface area is 159 Å². The standard InChI is InChI=1S/C19H27N5OS/c1-4-21-18(24-14-19(2,3)16-8-6-12-26-16)23-11-10-22-17(25)15-7-5-9-20-13-15/h5-9,12-13H,4,10-11,14H2,1-3H3,(H,22,25)(H2,21,23,24). The molecule has 0 fully saturated rings. The van der Waals surface area contributed by atoms with Crippen LogP contribution in [-0.2, 0) is 5.41 Å². The molecule has 0 unspecified atom stereocenters. The summed E-state index contributed by atoms with van der Waals surface area (Å²) in [7, 11) is 0. The topological polar surface area (TPSA) is 78.4 Å². The average Bonchev–Trinajstić information content (AvgIpc) is 3.19. The number of nitrogens with one attached hydrogen (secondary N) is 3. The molecular formula is C19H27N5OS. The molecule has 0 aliphatic rings. The van der Waals surface area contributed by atoms with Crippen LogP contribution in [0, 0.1) is 0 Å². The smallest absolute Gasteiger partial charge is 0.252 e. The van der Waals surface area contributed by atoms with Gasteiger partial charge in [0, 0.05) is 42.3 Å². The van der Waals surface area contributed by atoms with E-state index in [-0.39, 0.29) is 11.3 Å². The number of pyridine rings is 1. The lowest BCUT2D eigenvalue weighted by molar-refractivity contribution is 0.0954. The van der Waals surface area contributed by atoms with Crippen molar-refractivity contribution in [1.29, 1.82) is 0 Å². The Balaban J connectivity index is 1.81. The molecule has 0 aromatic carbocycles. The molecular weight excluding hydrogens is 346 g/mol. The summed E-state index contributed by atoms with van der Waals surface area (Å²) in [5, 5.41) is 11.5. The molecule has 1 amide bonds. The van der Waals surface area contributed by atoms with E-state index in [1.165, 1.54) is 4.88 Å². The van der Waals surface area contributed by atoms with Crippen LogP contribution in [0.4, 0.5) is 0 Å². The SMILES string of the molecule is CCNC(=NCC(C)(C)c1cccs1)NCCNC(=O)c1cccnc1. The first-order valence-electron chi connectivity index (χ1n) is 8.77. The van der Waals surface area contributed by atoms with Crippen molar-refractivity contribution in [2.75, 3.05) is 26.2 Å². The summed E-state index contributed by atoms with van der Waals surface area (Å²) in [6.45, 7) is 8.99. The Hall–Kier alpha value is -2.41. The van der Waals surface area contributed by atoms with Crippen molar-refractivity contribution >= 4 is 23.2 Å². The molecule has 2 rings (SSSR count). The lowest BCUT2D eigenvalue weighted by Gasteiger charge is -2.21. The second-order valence-electron chi connectivity index (χ2n) is 6.48. The van der Waals surface area contributed by atoms with Crippen LogP contribution in [0.25, 0.3) is 0 Å². The van der Waals surface area contributed by atoms with Gasteiger partial charge < -0.3 is 16.0 Å². The minimum absolute atomic E-state index is 0.00889. The Bertz CT molecular complexity index is 698. The highest BCUT2D eigenvalue weighted by Gasteiger charge is 2.21. The minimum atomic E-state index is -0.124. The highest BCUT2D eigenvalue weighted by atomic mass is 32.1. The molecule has 0 atom stereocenters. The molecule has 0 radical (unpaired) electrons. The maximum atomic E-state index is 12.0. The van der Waals surface area contributed by atoms with Crippen LogP contribution in [0.5, 0.6) is 0 Å². The monoisotopic (exact) mass is 373 g/mol. The van der Waals surface area contributed by atoms with Crippen LogP contribution in [0.3, 0.4) is 0 Å². The first-order valence-corrected chi connectivity index (χ1v) is 9.65. The zero-order valence-corrected chi connectivity index (χ0v) is 16.4. The second kappa shape index (κ2) is 9.91. The summed E-state index contributed by atoms with van der Waals surface area (Å²) in [5.74, 6) is 0.633. The molecule has 0 saturated heterocycles. The van der Waals surface area contributed by atoms with Crippen molar-refractivity contribution in [3.05, 3.63) is 52.5 Å². The van der Waals surface area contributed by atoms with Gasteiger partial charge in [-0.05, 0) is 30.5 Å². The normalized spacial score (nSPS) is 11.9. The number of amides is 1. The lowest BCUT2D eigenvalue weighted by atomic mass is 9.92. The second-order valence-corrected chi connectivity index (χ2v) is 7.43. The zero-order valence-electron chi connectivity index (χ0n) is 15.6. The largest absolute Gasteiger partial charge is 0.357 e. The van der Waals surface area contributed by atoms with Gasteiger partial charge in [0.2, 0.25) is 0 Å². The Morgan fingerprint density at radius 2 is 2.00 bits per heavy atom. The Morgan fingerprint density at radius 3 is 2.65 bits per heavy atom. The Kier molecular flexibility index (Phi) is 7.59. The number of rotatable bonds is 8. The quantitative estimate of drug-likeness (QED) is 0.377. The fourth-order valence-corrected chi connectivity index (χ4v) is 3.16. The van der Waals surface area contributed by atoms with Crippen LogP contribution in [0.2, 0.25) is 0 Å². The first kappa shape index (κ1) is 19.9.